The number of carbonyl (C=O) groups excluding carboxylic acids is 1. The van der Waals surface area contributed by atoms with Crippen LogP contribution < -0.4 is 19.5 Å². The molecule has 1 amide bonds. The molecule has 0 saturated carbocycles. The topological polar surface area (TPSA) is 118 Å². The van der Waals surface area contributed by atoms with Crippen molar-refractivity contribution in [1.29, 1.82) is 0 Å². The Morgan fingerprint density at radius 1 is 1.06 bits per heavy atom. The Morgan fingerprint density at radius 3 is 2.39 bits per heavy atom. The zero-order valence-electron chi connectivity index (χ0n) is 20.4. The summed E-state index contributed by atoms with van der Waals surface area (Å²) in [5.74, 6) is 1.88. The number of ether oxygens (including phenoxy) is 3. The fourth-order valence-electron chi connectivity index (χ4n) is 3.54. The number of fused-ring (bicyclic) bond motifs is 1. The van der Waals surface area contributed by atoms with Crippen molar-refractivity contribution in [3.63, 3.8) is 0 Å². The van der Waals surface area contributed by atoms with Gasteiger partial charge in [0, 0.05) is 28.3 Å². The molecule has 2 unspecified atom stereocenters. The van der Waals surface area contributed by atoms with Crippen LogP contribution >= 0.6 is 11.3 Å². The van der Waals surface area contributed by atoms with Crippen molar-refractivity contribution in [2.45, 2.75) is 24.8 Å². The van der Waals surface area contributed by atoms with Gasteiger partial charge < -0.3 is 19.7 Å². The summed E-state index contributed by atoms with van der Waals surface area (Å²) < 4.78 is 29.9. The number of nitrogens with zero attached hydrogens (tertiary/aromatic N) is 1. The highest BCUT2D eigenvalue weighted by molar-refractivity contribution is 7.85. The third-order valence-corrected chi connectivity index (χ3v) is 7.57. The van der Waals surface area contributed by atoms with Gasteiger partial charge in [0.2, 0.25) is 6.10 Å². The quantitative estimate of drug-likeness (QED) is 0.337. The van der Waals surface area contributed by atoms with Crippen LogP contribution in [0.4, 0.5) is 5.13 Å². The second-order valence-electron chi connectivity index (χ2n) is 7.70. The van der Waals surface area contributed by atoms with Crippen LogP contribution in [0.5, 0.6) is 17.2 Å². The van der Waals surface area contributed by atoms with Gasteiger partial charge in [0.1, 0.15) is 5.75 Å². The van der Waals surface area contributed by atoms with Crippen LogP contribution in [0.15, 0.2) is 65.6 Å². The van der Waals surface area contributed by atoms with E-state index >= 15 is 0 Å². The molecule has 1 aromatic heterocycles. The first-order valence-electron chi connectivity index (χ1n) is 11.0. The van der Waals surface area contributed by atoms with E-state index in [1.165, 1.54) is 11.3 Å². The molecule has 4 rings (SSSR count). The fourth-order valence-corrected chi connectivity index (χ4v) is 5.19. The molecule has 8 nitrogen and oxygen atoms in total. The molecule has 0 fully saturated rings. The summed E-state index contributed by atoms with van der Waals surface area (Å²) in [5.41, 5.74) is 2.35. The molecular weight excluding hydrogens is 500 g/mol. The lowest BCUT2D eigenvalue weighted by Crippen LogP contribution is -2.25. The molecule has 0 radical (unpaired) electrons. The highest BCUT2D eigenvalue weighted by Gasteiger charge is 2.25. The number of thiazole rings is 1. The molecule has 3 aromatic carbocycles. The van der Waals surface area contributed by atoms with Crippen molar-refractivity contribution in [2.75, 3.05) is 25.3 Å². The van der Waals surface area contributed by atoms with Gasteiger partial charge in [-0.25, -0.2) is 4.98 Å². The van der Waals surface area contributed by atoms with Gasteiger partial charge in [0.05, 0.1) is 35.2 Å². The van der Waals surface area contributed by atoms with Gasteiger partial charge in [-0.15, -0.1) is 0 Å². The molecule has 0 spiro atoms. The normalized spacial score (nSPS) is 12.3. The molecule has 36 heavy (non-hydrogen) atoms. The molecule has 0 aliphatic carbocycles. The van der Waals surface area contributed by atoms with Gasteiger partial charge >= 0.3 is 0 Å². The number of methoxy groups -OCH3 is 2. The van der Waals surface area contributed by atoms with Crippen LogP contribution in [0.1, 0.15) is 24.2 Å². The first-order chi connectivity index (χ1) is 16.9. The highest BCUT2D eigenvalue weighted by Crippen LogP contribution is 2.36. The average molecular weight is 529 g/mol. The lowest BCUT2D eigenvalue weighted by molar-refractivity contribution is -0.123. The maximum Gasteiger partial charge on any atom is 0.271 e. The first-order valence-corrected chi connectivity index (χ1v) is 13.1. The third kappa shape index (κ3) is 6.01. The zero-order valence-corrected chi connectivity index (χ0v) is 22.0. The Hall–Kier alpha value is -3.47. The second-order valence-corrected chi connectivity index (χ2v) is 10.5. The maximum atomic E-state index is 13.4. The minimum Gasteiger partial charge on any atom is -0.493 e. The Kier molecular flexibility index (Phi) is 9.03. The Bertz CT molecular complexity index is 1330. The van der Waals surface area contributed by atoms with E-state index in [2.05, 4.69) is 10.3 Å². The smallest absolute Gasteiger partial charge is 0.271 e. The number of hydrogen-bond acceptors (Lipinski definition) is 7. The number of nitrogens with one attached hydrogen (secondary N) is 1. The molecule has 190 valence electrons. The highest BCUT2D eigenvalue weighted by atomic mass is 32.2. The van der Waals surface area contributed by atoms with E-state index < -0.39 is 16.9 Å². The monoisotopic (exact) mass is 528 g/mol. The fraction of sp³-hybridized carbons (Fsp3) is 0.231. The summed E-state index contributed by atoms with van der Waals surface area (Å²) in [6.45, 7) is 3.82. The van der Waals surface area contributed by atoms with Gasteiger partial charge in [-0.05, 0) is 36.8 Å². The Labute approximate surface area is 216 Å². The summed E-state index contributed by atoms with van der Waals surface area (Å²) in [6, 6.07) is 18.2. The first kappa shape index (κ1) is 27.1. The molecule has 4 aromatic rings. The van der Waals surface area contributed by atoms with Crippen molar-refractivity contribution in [2.24, 2.45) is 0 Å². The number of amides is 1. The van der Waals surface area contributed by atoms with E-state index in [0.29, 0.717) is 44.1 Å². The lowest BCUT2D eigenvalue weighted by atomic mass is 10.1. The average Bonchev–Trinajstić information content (AvgIpc) is 3.26. The molecule has 0 saturated heterocycles. The molecule has 0 aliphatic heterocycles. The minimum absolute atomic E-state index is 0. The van der Waals surface area contributed by atoms with Crippen LogP contribution in [-0.2, 0) is 15.6 Å². The van der Waals surface area contributed by atoms with Crippen LogP contribution in [0, 0.1) is 6.92 Å². The summed E-state index contributed by atoms with van der Waals surface area (Å²) in [6.07, 6.45) is -0.933. The predicted octanol–water partition coefficient (Wildman–Crippen LogP) is 4.68. The van der Waals surface area contributed by atoms with E-state index in [9.17, 15) is 9.00 Å². The predicted molar refractivity (Wildman–Crippen MR) is 143 cm³/mol. The molecule has 10 heteroatoms. The molecule has 2 atom stereocenters. The van der Waals surface area contributed by atoms with Crippen LogP contribution in [0.25, 0.3) is 10.2 Å². The standard InChI is InChI=1S/C26H26N2O5S2.H2O/c1-5-35(30)19-11-9-17(10-12-19)24(33-18-8-6-7-16(2)13-18)25(29)28-26-27-20-14-21(31-3)22(32-4)15-23(20)34-26;/h6-15,24H,5H2,1-4H3,(H,27,28,29);1H2. The Morgan fingerprint density at radius 2 is 1.75 bits per heavy atom. The van der Waals surface area contributed by atoms with Crippen molar-refractivity contribution in [3.05, 3.63) is 71.8 Å². The van der Waals surface area contributed by atoms with E-state index in [4.69, 9.17) is 14.2 Å². The number of aryl methyl sites for hydroxylation is 1. The third-order valence-electron chi connectivity index (χ3n) is 5.31. The molecule has 1 heterocycles. The van der Waals surface area contributed by atoms with Crippen LogP contribution in [0.3, 0.4) is 0 Å². The van der Waals surface area contributed by atoms with Crippen molar-refractivity contribution < 1.29 is 28.7 Å². The molecule has 0 bridgehead atoms. The van der Waals surface area contributed by atoms with Crippen LogP contribution in [-0.4, -0.2) is 40.5 Å². The van der Waals surface area contributed by atoms with Gasteiger partial charge in [-0.2, -0.15) is 0 Å². The van der Waals surface area contributed by atoms with E-state index in [1.54, 1.807) is 44.6 Å². The molecule has 3 N–H and O–H groups in total. The molecular formula is C26H28N2O6S2. The van der Waals surface area contributed by atoms with Crippen molar-refractivity contribution in [1.82, 2.24) is 4.98 Å². The van der Waals surface area contributed by atoms with Gasteiger partial charge in [0.25, 0.3) is 5.91 Å². The second kappa shape index (κ2) is 12.0. The largest absolute Gasteiger partial charge is 0.493 e. The number of rotatable bonds is 9. The number of anilines is 1. The summed E-state index contributed by atoms with van der Waals surface area (Å²) in [7, 11) is 2.05. The summed E-state index contributed by atoms with van der Waals surface area (Å²) in [5, 5.41) is 3.32. The summed E-state index contributed by atoms with van der Waals surface area (Å²) >= 11 is 1.33. The van der Waals surface area contributed by atoms with Crippen molar-refractivity contribution in [3.8, 4) is 17.2 Å². The SMILES string of the molecule is CCS(=O)c1ccc(C(Oc2cccc(C)c2)C(=O)Nc2nc3cc(OC)c(OC)cc3s2)cc1.O. The van der Waals surface area contributed by atoms with Gasteiger partial charge in [-0.1, -0.05) is 42.5 Å². The number of benzene rings is 3. The van der Waals surface area contributed by atoms with Crippen molar-refractivity contribution >= 4 is 43.4 Å². The lowest BCUT2D eigenvalue weighted by Gasteiger charge is -2.19. The van der Waals surface area contributed by atoms with E-state index in [1.807, 2.05) is 44.2 Å². The minimum atomic E-state index is -1.08. The Balaban J connectivity index is 0.00000361. The number of hydrogen-bond donors (Lipinski definition) is 1. The van der Waals surface area contributed by atoms with E-state index in [0.717, 1.165) is 10.3 Å². The molecule has 0 aliphatic rings. The summed E-state index contributed by atoms with van der Waals surface area (Å²) in [4.78, 5) is 18.7. The van der Waals surface area contributed by atoms with E-state index in [-0.39, 0.29) is 11.4 Å². The number of carbonyl (C=O) groups is 1. The van der Waals surface area contributed by atoms with Crippen LogP contribution in [0.2, 0.25) is 0 Å². The number of aromatic nitrogens is 1. The van der Waals surface area contributed by atoms with Gasteiger partial charge in [0.15, 0.2) is 16.6 Å². The maximum absolute atomic E-state index is 13.4. The van der Waals surface area contributed by atoms with Gasteiger partial charge in [-0.3, -0.25) is 14.3 Å². The zero-order chi connectivity index (χ0) is 24.9.